The molecular weight excluding hydrogens is 780 g/mol. The molecule has 0 amide bonds. The van der Waals surface area contributed by atoms with Gasteiger partial charge in [0.1, 0.15) is 0 Å². The van der Waals surface area contributed by atoms with Gasteiger partial charge in [-0.25, -0.2) is 0 Å². The molecule has 2 heterocycles. The fourth-order valence-electron chi connectivity index (χ4n) is 6.09. The maximum atomic E-state index is 3.71. The summed E-state index contributed by atoms with van der Waals surface area (Å²) >= 11 is 14.6. The second-order valence-corrected chi connectivity index (χ2v) is 14.1. The van der Waals surface area contributed by atoms with Gasteiger partial charge in [0, 0.05) is 50.8 Å². The van der Waals surface area contributed by atoms with Crippen molar-refractivity contribution in [3.63, 3.8) is 0 Å². The number of rotatable bonds is 3. The molecule has 0 fully saturated rings. The molecule has 0 saturated heterocycles. The Morgan fingerprint density at radius 3 is 1.00 bits per heavy atom. The summed E-state index contributed by atoms with van der Waals surface area (Å²) in [5, 5.41) is 4.90. The summed E-state index contributed by atoms with van der Waals surface area (Å²) in [7, 11) is 0. The molecule has 0 aliphatic heterocycles. The third-order valence-corrected chi connectivity index (χ3v) is 10.0. The van der Waals surface area contributed by atoms with Crippen LogP contribution in [0.15, 0.2) is 139 Å². The van der Waals surface area contributed by atoms with Crippen molar-refractivity contribution in [2.24, 2.45) is 0 Å². The van der Waals surface area contributed by atoms with Crippen LogP contribution in [0.5, 0.6) is 0 Å². The lowest BCUT2D eigenvalue weighted by atomic mass is 10.0. The second-order valence-electron chi connectivity index (χ2n) is 10.4. The molecule has 0 unspecified atom stereocenters. The summed E-state index contributed by atoms with van der Waals surface area (Å²) in [6.45, 7) is 0. The third-order valence-electron chi connectivity index (χ3n) is 7.96. The van der Waals surface area contributed by atoms with E-state index in [2.05, 4.69) is 194 Å². The number of fused-ring (bicyclic) bond motifs is 6. The number of nitrogens with zero attached hydrogens (tertiary/aromatic N) is 2. The fraction of sp³-hybridized carbons (Fsp3) is 0. The van der Waals surface area contributed by atoms with Crippen molar-refractivity contribution in [1.82, 2.24) is 9.13 Å². The van der Waals surface area contributed by atoms with E-state index in [1.165, 1.54) is 54.7 Å². The van der Waals surface area contributed by atoms with Gasteiger partial charge in [0.15, 0.2) is 0 Å². The van der Waals surface area contributed by atoms with Crippen LogP contribution in [0.3, 0.4) is 0 Å². The van der Waals surface area contributed by atoms with E-state index >= 15 is 0 Å². The summed E-state index contributed by atoms with van der Waals surface area (Å²) in [5.41, 5.74) is 9.41. The van der Waals surface area contributed by atoms with Gasteiger partial charge < -0.3 is 9.13 Å². The average molecular weight is 800 g/mol. The molecule has 42 heavy (non-hydrogen) atoms. The highest BCUT2D eigenvalue weighted by atomic mass is 79.9. The van der Waals surface area contributed by atoms with E-state index in [0.29, 0.717) is 0 Å². The van der Waals surface area contributed by atoms with Gasteiger partial charge in [-0.05, 0) is 120 Å². The van der Waals surface area contributed by atoms with E-state index < -0.39 is 0 Å². The van der Waals surface area contributed by atoms with Gasteiger partial charge in [-0.3, -0.25) is 0 Å². The van der Waals surface area contributed by atoms with Gasteiger partial charge in [-0.2, -0.15) is 0 Å². The van der Waals surface area contributed by atoms with Crippen LogP contribution in [0.25, 0.3) is 66.1 Å². The van der Waals surface area contributed by atoms with Crippen molar-refractivity contribution in [3.8, 4) is 22.5 Å². The molecule has 202 valence electrons. The molecule has 0 atom stereocenters. The number of aromatic nitrogens is 2. The zero-order valence-corrected chi connectivity index (χ0v) is 28.3. The highest BCUT2D eigenvalue weighted by Crippen LogP contribution is 2.39. The molecule has 0 N–H and O–H groups in total. The zero-order valence-electron chi connectivity index (χ0n) is 22.0. The first-order chi connectivity index (χ1) is 20.4. The fourth-order valence-corrected chi connectivity index (χ4v) is 7.34. The van der Waals surface area contributed by atoms with Crippen molar-refractivity contribution >= 4 is 107 Å². The van der Waals surface area contributed by atoms with Crippen molar-refractivity contribution < 1.29 is 0 Å². The second kappa shape index (κ2) is 10.2. The predicted octanol–water partition coefficient (Wildman–Crippen LogP) is 12.6. The number of hydrogen-bond donors (Lipinski definition) is 0. The topological polar surface area (TPSA) is 9.86 Å². The minimum Gasteiger partial charge on any atom is -0.309 e. The van der Waals surface area contributed by atoms with Crippen LogP contribution in [0, 0.1) is 0 Å². The molecule has 8 aromatic rings. The van der Waals surface area contributed by atoms with E-state index in [1.54, 1.807) is 0 Å². The summed E-state index contributed by atoms with van der Waals surface area (Å²) in [6, 6.07) is 43.8. The smallest absolute Gasteiger partial charge is 0.0541 e. The van der Waals surface area contributed by atoms with Crippen LogP contribution in [-0.2, 0) is 0 Å². The zero-order chi connectivity index (χ0) is 28.5. The first-order valence-electron chi connectivity index (χ1n) is 13.4. The number of benzene rings is 6. The largest absolute Gasteiger partial charge is 0.309 e. The van der Waals surface area contributed by atoms with E-state index in [-0.39, 0.29) is 0 Å². The Balaban J connectivity index is 1.36. The minimum atomic E-state index is 1.07. The van der Waals surface area contributed by atoms with E-state index in [1.807, 2.05) is 0 Å². The quantitative estimate of drug-likeness (QED) is 0.168. The lowest BCUT2D eigenvalue weighted by Crippen LogP contribution is -1.93. The third kappa shape index (κ3) is 4.31. The molecule has 6 heteroatoms. The Labute approximate surface area is 276 Å². The SMILES string of the molecule is Brc1ccc(-n2c3ccc(Br)cc3c3cc(-c4ccc5c(c4)c4cc(Br)ccc4n5-c4ccc(Br)cc4)ccc32)cc1. The molecule has 0 bridgehead atoms. The average Bonchev–Trinajstić information content (AvgIpc) is 3.49. The van der Waals surface area contributed by atoms with Gasteiger partial charge >= 0.3 is 0 Å². The number of halogens is 4. The summed E-state index contributed by atoms with van der Waals surface area (Å²) in [5.74, 6) is 0. The molecule has 0 aliphatic rings. The van der Waals surface area contributed by atoms with Gasteiger partial charge in [-0.15, -0.1) is 0 Å². The monoisotopic (exact) mass is 796 g/mol. The predicted molar refractivity (Wildman–Crippen MR) is 191 cm³/mol. The minimum absolute atomic E-state index is 1.07. The highest BCUT2D eigenvalue weighted by molar-refractivity contribution is 9.11. The van der Waals surface area contributed by atoms with Crippen LogP contribution >= 0.6 is 63.7 Å². The first kappa shape index (κ1) is 26.5. The van der Waals surface area contributed by atoms with Crippen LogP contribution in [0.2, 0.25) is 0 Å². The summed E-state index contributed by atoms with van der Waals surface area (Å²) in [4.78, 5) is 0. The van der Waals surface area contributed by atoms with Gasteiger partial charge in [-0.1, -0.05) is 75.9 Å². The summed E-state index contributed by atoms with van der Waals surface area (Å²) in [6.07, 6.45) is 0. The Morgan fingerprint density at radius 1 is 0.310 bits per heavy atom. The van der Waals surface area contributed by atoms with Crippen LogP contribution in [-0.4, -0.2) is 9.13 Å². The molecule has 8 rings (SSSR count). The lowest BCUT2D eigenvalue weighted by molar-refractivity contribution is 1.18. The number of hydrogen-bond acceptors (Lipinski definition) is 0. The van der Waals surface area contributed by atoms with Crippen molar-refractivity contribution in [1.29, 1.82) is 0 Å². The van der Waals surface area contributed by atoms with Gasteiger partial charge in [0.2, 0.25) is 0 Å². The Bertz CT molecular complexity index is 2160. The molecule has 2 nitrogen and oxygen atoms in total. The standard InChI is InChI=1S/C36H20Br4N2/c37-23-3-9-27(10-4-23)41-33-13-1-21(17-29(33)31-19-25(39)7-15-35(31)41)22-2-14-34-30(18-22)32-20-26(40)8-16-36(32)42(34)28-11-5-24(38)6-12-28/h1-20H. The maximum absolute atomic E-state index is 3.71. The van der Waals surface area contributed by atoms with Crippen molar-refractivity contribution in [2.45, 2.75) is 0 Å². The molecule has 0 spiro atoms. The highest BCUT2D eigenvalue weighted by Gasteiger charge is 2.16. The van der Waals surface area contributed by atoms with E-state index in [4.69, 9.17) is 0 Å². The van der Waals surface area contributed by atoms with Crippen LogP contribution in [0.4, 0.5) is 0 Å². The van der Waals surface area contributed by atoms with Gasteiger partial charge in [0.25, 0.3) is 0 Å². The lowest BCUT2D eigenvalue weighted by Gasteiger charge is -2.09. The molecule has 0 radical (unpaired) electrons. The maximum Gasteiger partial charge on any atom is 0.0541 e. The molecule has 2 aromatic heterocycles. The normalized spacial score (nSPS) is 11.8. The Morgan fingerprint density at radius 2 is 0.619 bits per heavy atom. The van der Waals surface area contributed by atoms with Gasteiger partial charge in [0.05, 0.1) is 22.1 Å². The Kier molecular flexibility index (Phi) is 6.45. The first-order valence-corrected chi connectivity index (χ1v) is 16.6. The van der Waals surface area contributed by atoms with E-state index in [0.717, 1.165) is 29.3 Å². The summed E-state index contributed by atoms with van der Waals surface area (Å²) < 4.78 is 8.98. The molecule has 6 aromatic carbocycles. The van der Waals surface area contributed by atoms with Crippen LogP contribution < -0.4 is 0 Å². The molecule has 0 aliphatic carbocycles. The van der Waals surface area contributed by atoms with E-state index in [9.17, 15) is 0 Å². The molecule has 0 saturated carbocycles. The van der Waals surface area contributed by atoms with Crippen molar-refractivity contribution in [2.75, 3.05) is 0 Å². The molecular formula is C36H20Br4N2. The van der Waals surface area contributed by atoms with Crippen molar-refractivity contribution in [3.05, 3.63) is 139 Å². The Hall–Kier alpha value is -3.16. The van der Waals surface area contributed by atoms with Crippen LogP contribution in [0.1, 0.15) is 0 Å².